The largest absolute Gasteiger partial charge is 0.490 e. The second-order valence-corrected chi connectivity index (χ2v) is 3.89. The molecule has 0 aromatic carbocycles. The molecule has 4 N–H and O–H groups in total. The van der Waals surface area contributed by atoms with Crippen LogP contribution < -0.4 is 5.84 Å². The molecule has 0 aromatic heterocycles. The number of carboxylic acids is 1. The fraction of sp³-hybridized carbons (Fsp3) is 0.778. The van der Waals surface area contributed by atoms with E-state index in [-0.39, 0.29) is 0 Å². The number of carboxylic acid groups (broad SMARTS) is 2. The highest BCUT2D eigenvalue weighted by Gasteiger charge is 2.38. The van der Waals surface area contributed by atoms with Gasteiger partial charge in [-0.25, -0.2) is 20.4 Å². The molecule has 0 bridgehead atoms. The molecular formula is C9H15F3N2O4. The fourth-order valence-corrected chi connectivity index (χ4v) is 1.55. The van der Waals surface area contributed by atoms with Gasteiger partial charge in [0.2, 0.25) is 0 Å². The number of aliphatic carboxylic acids is 1. The summed E-state index contributed by atoms with van der Waals surface area (Å²) >= 11 is 0. The number of halogens is 3. The summed E-state index contributed by atoms with van der Waals surface area (Å²) in [6.07, 6.45) is -1.42. The molecule has 0 heterocycles. The second-order valence-electron chi connectivity index (χ2n) is 3.89. The highest BCUT2D eigenvalue weighted by atomic mass is 19.4. The molecule has 1 aliphatic carbocycles. The maximum Gasteiger partial charge on any atom is 0.490 e. The third kappa shape index (κ3) is 6.94. The minimum atomic E-state index is -5.08. The quantitative estimate of drug-likeness (QED) is 0.403. The van der Waals surface area contributed by atoms with Crippen LogP contribution in [-0.4, -0.2) is 40.0 Å². The van der Waals surface area contributed by atoms with Crippen LogP contribution in [-0.2, 0) is 4.79 Å². The number of carbonyl (C=O) groups is 2. The van der Waals surface area contributed by atoms with Crippen molar-refractivity contribution >= 4 is 12.1 Å². The lowest BCUT2D eigenvalue weighted by molar-refractivity contribution is -0.192. The lowest BCUT2D eigenvalue weighted by Gasteiger charge is -2.16. The topological polar surface area (TPSA) is 104 Å². The predicted octanol–water partition coefficient (Wildman–Crippen LogP) is 1.66. The zero-order chi connectivity index (χ0) is 14.3. The van der Waals surface area contributed by atoms with Crippen molar-refractivity contribution < 1.29 is 33.0 Å². The highest BCUT2D eigenvalue weighted by Crippen LogP contribution is 2.24. The van der Waals surface area contributed by atoms with Gasteiger partial charge in [-0.3, -0.25) is 0 Å². The summed E-state index contributed by atoms with van der Waals surface area (Å²) in [4.78, 5) is 19.2. The molecule has 1 saturated carbocycles. The van der Waals surface area contributed by atoms with Gasteiger partial charge < -0.3 is 10.2 Å². The van der Waals surface area contributed by atoms with E-state index in [1.54, 1.807) is 0 Å². The molecule has 0 spiro atoms. The van der Waals surface area contributed by atoms with Crippen LogP contribution >= 0.6 is 0 Å². The van der Waals surface area contributed by atoms with Crippen LogP contribution in [0.5, 0.6) is 0 Å². The maximum atomic E-state index is 10.6. The van der Waals surface area contributed by atoms with Crippen molar-refractivity contribution in [3.8, 4) is 0 Å². The molecular weight excluding hydrogens is 257 g/mol. The Balaban J connectivity index is 0.000000360. The number of hydrogen-bond donors (Lipinski definition) is 3. The monoisotopic (exact) mass is 272 g/mol. The predicted molar refractivity (Wildman–Crippen MR) is 54.6 cm³/mol. The molecule has 1 rings (SSSR count). The van der Waals surface area contributed by atoms with Crippen LogP contribution in [0.2, 0.25) is 0 Å². The van der Waals surface area contributed by atoms with Crippen LogP contribution in [0.25, 0.3) is 0 Å². The number of alkyl halides is 3. The van der Waals surface area contributed by atoms with E-state index >= 15 is 0 Å². The molecule has 0 radical (unpaired) electrons. The SMILES string of the molecule is NN(CC1CCCC1)C(=O)O.O=C(O)C(F)(F)F. The van der Waals surface area contributed by atoms with Gasteiger partial charge in [0, 0.05) is 6.54 Å². The van der Waals surface area contributed by atoms with Crippen LogP contribution in [0.4, 0.5) is 18.0 Å². The molecule has 0 aromatic rings. The maximum absolute atomic E-state index is 10.6. The molecule has 18 heavy (non-hydrogen) atoms. The van der Waals surface area contributed by atoms with Gasteiger partial charge in [0.05, 0.1) is 0 Å². The summed E-state index contributed by atoms with van der Waals surface area (Å²) in [7, 11) is 0. The first kappa shape index (κ1) is 16.5. The number of nitrogens with zero attached hydrogens (tertiary/aromatic N) is 1. The summed E-state index contributed by atoms with van der Waals surface area (Å²) < 4.78 is 31.7. The Morgan fingerprint density at radius 3 is 1.89 bits per heavy atom. The molecule has 1 aliphatic rings. The molecule has 1 fully saturated rings. The van der Waals surface area contributed by atoms with Gasteiger partial charge in [-0.1, -0.05) is 12.8 Å². The highest BCUT2D eigenvalue weighted by molar-refractivity contribution is 5.73. The summed E-state index contributed by atoms with van der Waals surface area (Å²) in [5.74, 6) is 2.97. The molecule has 106 valence electrons. The number of hydrogen-bond acceptors (Lipinski definition) is 3. The van der Waals surface area contributed by atoms with E-state index in [1.807, 2.05) is 0 Å². The first-order valence-electron chi connectivity index (χ1n) is 5.20. The average molecular weight is 272 g/mol. The van der Waals surface area contributed by atoms with Gasteiger partial charge >= 0.3 is 18.2 Å². The lowest BCUT2D eigenvalue weighted by Crippen LogP contribution is -2.39. The molecule has 0 aliphatic heterocycles. The molecule has 1 amide bonds. The van der Waals surface area contributed by atoms with E-state index in [2.05, 4.69) is 0 Å². The fourth-order valence-electron chi connectivity index (χ4n) is 1.55. The summed E-state index contributed by atoms with van der Waals surface area (Å²) in [5, 5.41) is 16.5. The van der Waals surface area contributed by atoms with E-state index in [0.29, 0.717) is 12.5 Å². The minimum Gasteiger partial charge on any atom is -0.475 e. The molecule has 9 heteroatoms. The third-order valence-corrected chi connectivity index (χ3v) is 2.42. The first-order valence-corrected chi connectivity index (χ1v) is 5.20. The summed E-state index contributed by atoms with van der Waals surface area (Å²) in [6.45, 7) is 0.495. The van der Waals surface area contributed by atoms with Crippen molar-refractivity contribution in [3.63, 3.8) is 0 Å². The standard InChI is InChI=1S/C7H14N2O2.C2HF3O2/c8-9(7(10)11)5-6-3-1-2-4-6;3-2(4,5)1(6)7/h6H,1-5,8H2,(H,10,11);(H,6,7). The van der Waals surface area contributed by atoms with Crippen molar-refractivity contribution in [2.45, 2.75) is 31.9 Å². The van der Waals surface area contributed by atoms with Gasteiger partial charge in [-0.2, -0.15) is 13.2 Å². The van der Waals surface area contributed by atoms with Gasteiger partial charge in [0.15, 0.2) is 0 Å². The number of rotatable bonds is 2. The Hall–Kier alpha value is -1.51. The third-order valence-electron chi connectivity index (χ3n) is 2.42. The van der Waals surface area contributed by atoms with Crippen molar-refractivity contribution in [2.24, 2.45) is 11.8 Å². The molecule has 0 atom stereocenters. The van der Waals surface area contributed by atoms with Crippen molar-refractivity contribution in [2.75, 3.05) is 6.54 Å². The van der Waals surface area contributed by atoms with Crippen LogP contribution in [0, 0.1) is 5.92 Å². The van der Waals surface area contributed by atoms with Gasteiger partial charge in [0.1, 0.15) is 0 Å². The van der Waals surface area contributed by atoms with E-state index in [9.17, 15) is 18.0 Å². The van der Waals surface area contributed by atoms with E-state index in [0.717, 1.165) is 17.9 Å². The van der Waals surface area contributed by atoms with Crippen LogP contribution in [0.1, 0.15) is 25.7 Å². The first-order chi connectivity index (χ1) is 8.14. The Labute approximate surface area is 101 Å². The number of hydrazine groups is 1. The van der Waals surface area contributed by atoms with Crippen molar-refractivity contribution in [3.05, 3.63) is 0 Å². The Bertz CT molecular complexity index is 290. The summed E-state index contributed by atoms with van der Waals surface area (Å²) in [6, 6.07) is 0. The average Bonchev–Trinajstić information content (AvgIpc) is 2.69. The smallest absolute Gasteiger partial charge is 0.475 e. The van der Waals surface area contributed by atoms with Gasteiger partial charge in [-0.05, 0) is 18.8 Å². The second kappa shape index (κ2) is 7.04. The van der Waals surface area contributed by atoms with E-state index < -0.39 is 18.2 Å². The Morgan fingerprint density at radius 2 is 1.61 bits per heavy atom. The van der Waals surface area contributed by atoms with Gasteiger partial charge in [-0.15, -0.1) is 0 Å². The normalized spacial score (nSPS) is 15.8. The number of nitrogens with two attached hydrogens (primary N) is 1. The van der Waals surface area contributed by atoms with Crippen molar-refractivity contribution in [1.29, 1.82) is 0 Å². The Morgan fingerprint density at radius 1 is 1.22 bits per heavy atom. The molecule has 0 saturated heterocycles. The Kier molecular flexibility index (Phi) is 6.45. The minimum absolute atomic E-state index is 0.495. The molecule has 0 unspecified atom stereocenters. The van der Waals surface area contributed by atoms with E-state index in [4.69, 9.17) is 20.9 Å². The zero-order valence-electron chi connectivity index (χ0n) is 9.48. The van der Waals surface area contributed by atoms with E-state index in [1.165, 1.54) is 12.8 Å². The lowest BCUT2D eigenvalue weighted by atomic mass is 10.1. The molecule has 6 nitrogen and oxygen atoms in total. The van der Waals surface area contributed by atoms with Gasteiger partial charge in [0.25, 0.3) is 0 Å². The van der Waals surface area contributed by atoms with Crippen LogP contribution in [0.15, 0.2) is 0 Å². The van der Waals surface area contributed by atoms with Crippen molar-refractivity contribution in [1.82, 2.24) is 5.01 Å². The number of amides is 1. The summed E-state index contributed by atoms with van der Waals surface area (Å²) in [5.41, 5.74) is 0. The van der Waals surface area contributed by atoms with Crippen LogP contribution in [0.3, 0.4) is 0 Å². The zero-order valence-corrected chi connectivity index (χ0v) is 9.48.